The van der Waals surface area contributed by atoms with Gasteiger partial charge in [0.2, 0.25) is 0 Å². The van der Waals surface area contributed by atoms with E-state index in [0.29, 0.717) is 11.8 Å². The SMILES string of the molecule is CC[C@]1(O)CC[C@H]2[C@H]3CCc4cc(OC)ccc4[C@H]3CC[C@@]21C. The first-order valence-corrected chi connectivity index (χ1v) is 9.41. The van der Waals surface area contributed by atoms with Crippen molar-refractivity contribution in [2.45, 2.75) is 70.3 Å². The molecule has 0 amide bonds. The van der Waals surface area contributed by atoms with Gasteiger partial charge in [-0.2, -0.15) is 0 Å². The fraction of sp³-hybridized carbons (Fsp3) is 0.714. The van der Waals surface area contributed by atoms with E-state index in [2.05, 4.69) is 32.0 Å². The number of aryl methyl sites for hydroxylation is 1. The highest BCUT2D eigenvalue weighted by Gasteiger charge is 2.60. The molecule has 2 nitrogen and oxygen atoms in total. The molecule has 0 saturated heterocycles. The van der Waals surface area contributed by atoms with Crippen LogP contribution >= 0.6 is 0 Å². The molecule has 0 bridgehead atoms. The predicted octanol–water partition coefficient (Wildman–Crippen LogP) is 4.69. The van der Waals surface area contributed by atoms with Crippen LogP contribution in [0.2, 0.25) is 0 Å². The maximum absolute atomic E-state index is 11.2. The lowest BCUT2D eigenvalue weighted by molar-refractivity contribution is -0.104. The molecule has 1 aromatic carbocycles. The lowest BCUT2D eigenvalue weighted by atomic mass is 9.53. The Hall–Kier alpha value is -1.02. The van der Waals surface area contributed by atoms with Crippen molar-refractivity contribution in [3.63, 3.8) is 0 Å². The van der Waals surface area contributed by atoms with Crippen LogP contribution in [0.5, 0.6) is 5.75 Å². The van der Waals surface area contributed by atoms with Gasteiger partial charge in [0.25, 0.3) is 0 Å². The molecule has 3 aliphatic carbocycles. The summed E-state index contributed by atoms with van der Waals surface area (Å²) in [6.45, 7) is 4.55. The first kappa shape index (κ1) is 15.5. The molecule has 1 N–H and O–H groups in total. The number of hydrogen-bond donors (Lipinski definition) is 1. The second-order valence-corrected chi connectivity index (χ2v) is 8.36. The highest BCUT2D eigenvalue weighted by Crippen LogP contribution is 2.64. The van der Waals surface area contributed by atoms with Crippen molar-refractivity contribution in [1.82, 2.24) is 0 Å². The van der Waals surface area contributed by atoms with E-state index in [1.165, 1.54) is 37.7 Å². The summed E-state index contributed by atoms with van der Waals surface area (Å²) in [6, 6.07) is 6.69. The minimum atomic E-state index is -0.428. The van der Waals surface area contributed by atoms with Gasteiger partial charge in [-0.25, -0.2) is 0 Å². The Labute approximate surface area is 140 Å². The summed E-state index contributed by atoms with van der Waals surface area (Å²) in [4.78, 5) is 0. The minimum absolute atomic E-state index is 0.132. The smallest absolute Gasteiger partial charge is 0.119 e. The molecule has 1 aromatic rings. The Morgan fingerprint density at radius 3 is 2.78 bits per heavy atom. The normalized spacial score (nSPS) is 41.8. The third kappa shape index (κ3) is 2.03. The summed E-state index contributed by atoms with van der Waals surface area (Å²) >= 11 is 0. The fourth-order valence-corrected chi connectivity index (χ4v) is 6.38. The lowest BCUT2D eigenvalue weighted by Crippen LogP contribution is -2.50. The summed E-state index contributed by atoms with van der Waals surface area (Å²) in [7, 11) is 1.75. The van der Waals surface area contributed by atoms with Gasteiger partial charge in [0.1, 0.15) is 5.75 Å². The third-order valence-corrected chi connectivity index (χ3v) is 7.84. The molecule has 0 unspecified atom stereocenters. The van der Waals surface area contributed by atoms with Crippen LogP contribution in [-0.2, 0) is 6.42 Å². The number of rotatable bonds is 2. The van der Waals surface area contributed by atoms with Crippen molar-refractivity contribution < 1.29 is 9.84 Å². The quantitative estimate of drug-likeness (QED) is 0.858. The molecule has 2 fully saturated rings. The molecule has 2 heteroatoms. The van der Waals surface area contributed by atoms with Crippen molar-refractivity contribution in [2.75, 3.05) is 7.11 Å². The number of fused-ring (bicyclic) bond motifs is 5. The first-order chi connectivity index (χ1) is 11.0. The van der Waals surface area contributed by atoms with Gasteiger partial charge in [-0.1, -0.05) is 19.9 Å². The van der Waals surface area contributed by atoms with Gasteiger partial charge < -0.3 is 9.84 Å². The van der Waals surface area contributed by atoms with Gasteiger partial charge in [-0.15, -0.1) is 0 Å². The lowest BCUT2D eigenvalue weighted by Gasteiger charge is -2.53. The topological polar surface area (TPSA) is 29.5 Å². The molecule has 0 aromatic heterocycles. The average molecular weight is 314 g/mol. The van der Waals surface area contributed by atoms with Crippen LogP contribution in [0.15, 0.2) is 18.2 Å². The second kappa shape index (κ2) is 5.24. The zero-order valence-corrected chi connectivity index (χ0v) is 14.8. The molecule has 126 valence electrons. The summed E-state index contributed by atoms with van der Waals surface area (Å²) in [5.74, 6) is 3.14. The molecular formula is C21H30O2. The number of hydrogen-bond acceptors (Lipinski definition) is 2. The van der Waals surface area contributed by atoms with Crippen LogP contribution in [0.25, 0.3) is 0 Å². The standard InChI is InChI=1S/C21H30O2/c1-4-21(22)12-10-19-18-7-5-14-13-15(23-3)6-8-16(14)17(18)9-11-20(19,21)2/h6,8,13,17-19,22H,4-5,7,9-12H2,1-3H3/t17-,18+,19+,20+,21+/m1/s1. The molecule has 5 atom stereocenters. The zero-order chi connectivity index (χ0) is 16.2. The molecule has 0 aliphatic heterocycles. The summed E-state index contributed by atoms with van der Waals surface area (Å²) < 4.78 is 5.41. The Balaban J connectivity index is 1.68. The van der Waals surface area contributed by atoms with E-state index in [9.17, 15) is 5.11 Å². The monoisotopic (exact) mass is 314 g/mol. The van der Waals surface area contributed by atoms with E-state index in [1.54, 1.807) is 12.7 Å². The third-order valence-electron chi connectivity index (χ3n) is 7.84. The zero-order valence-electron chi connectivity index (χ0n) is 14.8. The predicted molar refractivity (Wildman–Crippen MR) is 92.9 cm³/mol. The van der Waals surface area contributed by atoms with Gasteiger partial charge in [-0.05, 0) is 91.4 Å². The summed E-state index contributed by atoms with van der Waals surface area (Å²) in [5, 5.41) is 11.2. The van der Waals surface area contributed by atoms with E-state index in [4.69, 9.17) is 4.74 Å². The molecule has 0 spiro atoms. The molecule has 23 heavy (non-hydrogen) atoms. The minimum Gasteiger partial charge on any atom is -0.497 e. The van der Waals surface area contributed by atoms with E-state index in [1.807, 2.05) is 0 Å². The van der Waals surface area contributed by atoms with Crippen LogP contribution in [0, 0.1) is 17.3 Å². The van der Waals surface area contributed by atoms with Crippen LogP contribution in [0.3, 0.4) is 0 Å². The largest absolute Gasteiger partial charge is 0.497 e. The average Bonchev–Trinajstić information content (AvgIpc) is 2.86. The second-order valence-electron chi connectivity index (χ2n) is 8.36. The number of aliphatic hydroxyl groups is 1. The van der Waals surface area contributed by atoms with Gasteiger partial charge >= 0.3 is 0 Å². The molecular weight excluding hydrogens is 284 g/mol. The Bertz CT molecular complexity index is 610. The number of ether oxygens (including phenoxy) is 1. The van der Waals surface area contributed by atoms with Crippen molar-refractivity contribution >= 4 is 0 Å². The highest BCUT2D eigenvalue weighted by atomic mass is 16.5. The first-order valence-electron chi connectivity index (χ1n) is 9.41. The summed E-state index contributed by atoms with van der Waals surface area (Å²) in [5.41, 5.74) is 2.77. The molecule has 2 saturated carbocycles. The highest BCUT2D eigenvalue weighted by molar-refractivity contribution is 5.40. The molecule has 0 radical (unpaired) electrons. The van der Waals surface area contributed by atoms with Crippen molar-refractivity contribution in [3.05, 3.63) is 29.3 Å². The molecule has 3 aliphatic rings. The van der Waals surface area contributed by atoms with Gasteiger partial charge in [0.05, 0.1) is 12.7 Å². The fourth-order valence-electron chi connectivity index (χ4n) is 6.38. The van der Waals surface area contributed by atoms with Gasteiger partial charge in [0.15, 0.2) is 0 Å². The Morgan fingerprint density at radius 1 is 1.22 bits per heavy atom. The van der Waals surface area contributed by atoms with Crippen molar-refractivity contribution in [1.29, 1.82) is 0 Å². The van der Waals surface area contributed by atoms with E-state index < -0.39 is 5.60 Å². The Morgan fingerprint density at radius 2 is 2.04 bits per heavy atom. The van der Waals surface area contributed by atoms with E-state index in [0.717, 1.165) is 24.5 Å². The van der Waals surface area contributed by atoms with Crippen LogP contribution in [0.4, 0.5) is 0 Å². The van der Waals surface area contributed by atoms with Gasteiger partial charge in [0, 0.05) is 0 Å². The number of benzene rings is 1. The molecule has 4 rings (SSSR count). The number of methoxy groups -OCH3 is 1. The van der Waals surface area contributed by atoms with Gasteiger partial charge in [-0.3, -0.25) is 0 Å². The van der Waals surface area contributed by atoms with E-state index >= 15 is 0 Å². The van der Waals surface area contributed by atoms with Crippen molar-refractivity contribution in [3.8, 4) is 5.75 Å². The van der Waals surface area contributed by atoms with Crippen LogP contribution < -0.4 is 4.74 Å². The van der Waals surface area contributed by atoms with Crippen LogP contribution in [-0.4, -0.2) is 17.8 Å². The maximum Gasteiger partial charge on any atom is 0.119 e. The van der Waals surface area contributed by atoms with Crippen LogP contribution in [0.1, 0.15) is 69.4 Å². The Kier molecular flexibility index (Phi) is 3.53. The van der Waals surface area contributed by atoms with Crippen molar-refractivity contribution in [2.24, 2.45) is 17.3 Å². The summed E-state index contributed by atoms with van der Waals surface area (Å²) in [6.07, 6.45) is 7.99. The maximum atomic E-state index is 11.2. The molecule has 0 heterocycles. The van der Waals surface area contributed by atoms with E-state index in [-0.39, 0.29) is 5.41 Å².